The minimum absolute atomic E-state index is 0.620. The molecule has 0 amide bonds. The van der Waals surface area contributed by atoms with Gasteiger partial charge < -0.3 is 0 Å². The average Bonchev–Trinajstić information content (AvgIpc) is 2.15. The van der Waals surface area contributed by atoms with E-state index in [1.54, 1.807) is 0 Å². The fourth-order valence-electron chi connectivity index (χ4n) is 1.17. The normalized spacial score (nSPS) is 11.4. The summed E-state index contributed by atoms with van der Waals surface area (Å²) in [4.78, 5) is 0. The molecule has 0 N–H and O–H groups in total. The number of alkyl halides is 1. The lowest BCUT2D eigenvalue weighted by atomic mass is 10.0. The summed E-state index contributed by atoms with van der Waals surface area (Å²) in [5.41, 5.74) is 2.67. The summed E-state index contributed by atoms with van der Waals surface area (Å²) in [5, 5.41) is 0.916. The van der Waals surface area contributed by atoms with Crippen molar-refractivity contribution in [3.05, 3.63) is 41.5 Å². The molecule has 1 heteroatoms. The summed E-state index contributed by atoms with van der Waals surface area (Å²) >= 11 is 3.36. The SMILES string of the molecule is CC(C)c1ccc(/C=C/CBr)cc1. The molecule has 0 saturated heterocycles. The fraction of sp³-hybridized carbons (Fsp3) is 0.333. The lowest BCUT2D eigenvalue weighted by Gasteiger charge is -2.04. The summed E-state index contributed by atoms with van der Waals surface area (Å²) in [5.74, 6) is 0.620. The van der Waals surface area contributed by atoms with E-state index in [2.05, 4.69) is 66.2 Å². The van der Waals surface area contributed by atoms with Crippen molar-refractivity contribution in [1.29, 1.82) is 0 Å². The van der Waals surface area contributed by atoms with E-state index in [0.29, 0.717) is 5.92 Å². The standard InChI is InChI=1S/C12H15Br/c1-10(2)12-7-5-11(6-8-12)4-3-9-13/h3-8,10H,9H2,1-2H3/b4-3+. The van der Waals surface area contributed by atoms with Gasteiger partial charge in [0.2, 0.25) is 0 Å². The molecule has 0 aliphatic heterocycles. The van der Waals surface area contributed by atoms with E-state index in [0.717, 1.165) is 5.33 Å². The summed E-state index contributed by atoms with van der Waals surface area (Å²) in [7, 11) is 0. The Balaban J connectivity index is 2.75. The highest BCUT2D eigenvalue weighted by atomic mass is 79.9. The van der Waals surface area contributed by atoms with Gasteiger partial charge in [-0.25, -0.2) is 0 Å². The number of hydrogen-bond donors (Lipinski definition) is 0. The van der Waals surface area contributed by atoms with Crippen LogP contribution >= 0.6 is 15.9 Å². The van der Waals surface area contributed by atoms with Gasteiger partial charge in [0, 0.05) is 5.33 Å². The Morgan fingerprint density at radius 1 is 1.23 bits per heavy atom. The predicted molar refractivity (Wildman–Crippen MR) is 63.4 cm³/mol. The molecular formula is C12H15Br. The molecule has 0 aromatic heterocycles. The second-order valence-corrected chi connectivity index (χ2v) is 4.03. The molecule has 0 saturated carbocycles. The first kappa shape index (κ1) is 10.5. The van der Waals surface area contributed by atoms with E-state index in [1.165, 1.54) is 11.1 Å². The molecule has 0 aliphatic carbocycles. The van der Waals surface area contributed by atoms with E-state index in [-0.39, 0.29) is 0 Å². The molecule has 0 aliphatic rings. The molecule has 1 aromatic rings. The van der Waals surface area contributed by atoms with Gasteiger partial charge in [0.05, 0.1) is 0 Å². The van der Waals surface area contributed by atoms with Crippen LogP contribution in [0.25, 0.3) is 6.08 Å². The van der Waals surface area contributed by atoms with Gasteiger partial charge in [-0.2, -0.15) is 0 Å². The number of rotatable bonds is 3. The number of hydrogen-bond acceptors (Lipinski definition) is 0. The van der Waals surface area contributed by atoms with Crippen LogP contribution in [-0.2, 0) is 0 Å². The Labute approximate surface area is 88.8 Å². The minimum atomic E-state index is 0.620. The second-order valence-electron chi connectivity index (χ2n) is 3.38. The Morgan fingerprint density at radius 3 is 2.31 bits per heavy atom. The minimum Gasteiger partial charge on any atom is -0.0883 e. The van der Waals surface area contributed by atoms with Crippen LogP contribution < -0.4 is 0 Å². The molecule has 0 unspecified atom stereocenters. The highest BCUT2D eigenvalue weighted by molar-refractivity contribution is 9.09. The molecule has 1 aromatic carbocycles. The fourth-order valence-corrected chi connectivity index (χ4v) is 1.36. The molecule has 0 fully saturated rings. The monoisotopic (exact) mass is 238 g/mol. The van der Waals surface area contributed by atoms with E-state index in [4.69, 9.17) is 0 Å². The van der Waals surface area contributed by atoms with Gasteiger partial charge in [0.15, 0.2) is 0 Å². The number of halogens is 1. The van der Waals surface area contributed by atoms with Crippen LogP contribution in [0.1, 0.15) is 30.9 Å². The van der Waals surface area contributed by atoms with Crippen molar-refractivity contribution in [2.45, 2.75) is 19.8 Å². The molecule has 0 radical (unpaired) electrons. The van der Waals surface area contributed by atoms with Gasteiger partial charge in [-0.1, -0.05) is 66.2 Å². The Bertz CT molecular complexity index is 270. The first-order valence-electron chi connectivity index (χ1n) is 4.56. The predicted octanol–water partition coefficient (Wildman–Crippen LogP) is 4.22. The summed E-state index contributed by atoms with van der Waals surface area (Å²) < 4.78 is 0. The van der Waals surface area contributed by atoms with Crippen LogP contribution in [0.2, 0.25) is 0 Å². The van der Waals surface area contributed by atoms with E-state index >= 15 is 0 Å². The van der Waals surface area contributed by atoms with Gasteiger partial charge in [-0.05, 0) is 17.0 Å². The molecule has 13 heavy (non-hydrogen) atoms. The van der Waals surface area contributed by atoms with Crippen molar-refractivity contribution >= 4 is 22.0 Å². The van der Waals surface area contributed by atoms with Crippen molar-refractivity contribution in [1.82, 2.24) is 0 Å². The van der Waals surface area contributed by atoms with Gasteiger partial charge in [0.1, 0.15) is 0 Å². The van der Waals surface area contributed by atoms with Crippen molar-refractivity contribution in [3.8, 4) is 0 Å². The zero-order chi connectivity index (χ0) is 9.68. The second kappa shape index (κ2) is 5.23. The van der Waals surface area contributed by atoms with Gasteiger partial charge in [0.25, 0.3) is 0 Å². The smallest absolute Gasteiger partial charge is 0.0215 e. The van der Waals surface area contributed by atoms with Gasteiger partial charge in [-0.3, -0.25) is 0 Å². The lowest BCUT2D eigenvalue weighted by molar-refractivity contribution is 0.866. The van der Waals surface area contributed by atoms with Crippen LogP contribution in [0, 0.1) is 0 Å². The molecule has 0 nitrogen and oxygen atoms in total. The van der Waals surface area contributed by atoms with Gasteiger partial charge >= 0.3 is 0 Å². The Hall–Kier alpha value is -0.560. The van der Waals surface area contributed by atoms with E-state index in [1.807, 2.05) is 0 Å². The molecule has 0 bridgehead atoms. The number of allylic oxidation sites excluding steroid dienone is 1. The molecule has 0 heterocycles. The average molecular weight is 239 g/mol. The number of benzene rings is 1. The van der Waals surface area contributed by atoms with Crippen LogP contribution in [-0.4, -0.2) is 5.33 Å². The third kappa shape index (κ3) is 3.35. The summed E-state index contributed by atoms with van der Waals surface area (Å²) in [6.45, 7) is 4.42. The summed E-state index contributed by atoms with van der Waals surface area (Å²) in [6, 6.07) is 8.71. The van der Waals surface area contributed by atoms with Crippen molar-refractivity contribution in [2.24, 2.45) is 0 Å². The van der Waals surface area contributed by atoms with Crippen molar-refractivity contribution in [2.75, 3.05) is 5.33 Å². The zero-order valence-electron chi connectivity index (χ0n) is 8.13. The van der Waals surface area contributed by atoms with Crippen LogP contribution in [0.3, 0.4) is 0 Å². The molecule has 0 spiro atoms. The first-order valence-corrected chi connectivity index (χ1v) is 5.68. The third-order valence-electron chi connectivity index (χ3n) is 2.00. The third-order valence-corrected chi connectivity index (χ3v) is 2.38. The molecular weight excluding hydrogens is 224 g/mol. The van der Waals surface area contributed by atoms with Crippen LogP contribution in [0.15, 0.2) is 30.3 Å². The Morgan fingerprint density at radius 2 is 1.85 bits per heavy atom. The quantitative estimate of drug-likeness (QED) is 0.693. The maximum Gasteiger partial charge on any atom is 0.0215 e. The molecule has 70 valence electrons. The summed E-state index contributed by atoms with van der Waals surface area (Å²) in [6.07, 6.45) is 4.23. The van der Waals surface area contributed by atoms with E-state index < -0.39 is 0 Å². The zero-order valence-corrected chi connectivity index (χ0v) is 9.71. The van der Waals surface area contributed by atoms with Crippen LogP contribution in [0.4, 0.5) is 0 Å². The molecule has 1 rings (SSSR count). The lowest BCUT2D eigenvalue weighted by Crippen LogP contribution is -1.85. The van der Waals surface area contributed by atoms with E-state index in [9.17, 15) is 0 Å². The van der Waals surface area contributed by atoms with Crippen molar-refractivity contribution in [3.63, 3.8) is 0 Å². The highest BCUT2D eigenvalue weighted by Gasteiger charge is 1.96. The Kier molecular flexibility index (Phi) is 4.23. The largest absolute Gasteiger partial charge is 0.0883 e. The maximum atomic E-state index is 3.36. The topological polar surface area (TPSA) is 0 Å². The highest BCUT2D eigenvalue weighted by Crippen LogP contribution is 2.15. The first-order chi connectivity index (χ1) is 6.24. The maximum absolute atomic E-state index is 3.36. The van der Waals surface area contributed by atoms with Gasteiger partial charge in [-0.15, -0.1) is 0 Å². The molecule has 0 atom stereocenters. The van der Waals surface area contributed by atoms with Crippen LogP contribution in [0.5, 0.6) is 0 Å². The van der Waals surface area contributed by atoms with Crippen molar-refractivity contribution < 1.29 is 0 Å².